The molecule has 3 aromatic rings. The molecule has 0 spiro atoms. The quantitative estimate of drug-likeness (QED) is 0.219. The van der Waals surface area contributed by atoms with E-state index in [1.807, 2.05) is 31.3 Å². The van der Waals surface area contributed by atoms with E-state index in [2.05, 4.69) is 5.32 Å². The molecule has 0 atom stereocenters. The molecule has 3 aromatic carbocycles. The highest BCUT2D eigenvalue weighted by molar-refractivity contribution is 8.18. The summed E-state index contributed by atoms with van der Waals surface area (Å²) in [6.45, 7) is 4.88. The number of carbonyl (C=O) groups is 4. The summed E-state index contributed by atoms with van der Waals surface area (Å²) in [6, 6.07) is 11.7. The van der Waals surface area contributed by atoms with Crippen molar-refractivity contribution in [2.45, 2.75) is 20.8 Å². The fraction of sp³-hybridized carbons (Fsp3) is 0.200. The number of thioether (sulfide) groups is 1. The van der Waals surface area contributed by atoms with Crippen LogP contribution in [0.15, 0.2) is 53.4 Å². The summed E-state index contributed by atoms with van der Waals surface area (Å²) in [6.07, 6.45) is 1.41. The van der Waals surface area contributed by atoms with Crippen LogP contribution in [0.2, 0.25) is 0 Å². The van der Waals surface area contributed by atoms with Crippen LogP contribution in [0.1, 0.15) is 23.6 Å². The van der Waals surface area contributed by atoms with Crippen LogP contribution in [-0.4, -0.2) is 47.6 Å². The summed E-state index contributed by atoms with van der Waals surface area (Å²) in [7, 11) is 0. The van der Waals surface area contributed by atoms with Gasteiger partial charge in [-0.15, -0.1) is 0 Å². The Morgan fingerprint density at radius 2 is 1.65 bits per heavy atom. The van der Waals surface area contributed by atoms with Gasteiger partial charge in [-0.1, -0.05) is 12.1 Å². The summed E-state index contributed by atoms with van der Waals surface area (Å²) in [5.74, 6) is -6.38. The molecule has 9 nitrogen and oxygen atoms in total. The lowest BCUT2D eigenvalue weighted by atomic mass is 10.1. The highest BCUT2D eigenvalue weighted by Gasteiger charge is 2.36. The number of rotatable bonds is 10. The molecule has 0 unspecified atom stereocenters. The van der Waals surface area contributed by atoms with Crippen molar-refractivity contribution in [1.82, 2.24) is 4.90 Å². The summed E-state index contributed by atoms with van der Waals surface area (Å²) >= 11 is 0.583. The number of amides is 4. The van der Waals surface area contributed by atoms with E-state index in [0.29, 0.717) is 39.7 Å². The van der Waals surface area contributed by atoms with Crippen molar-refractivity contribution in [1.29, 1.82) is 0 Å². The molecule has 13 heteroatoms. The molecule has 1 heterocycles. The molecule has 43 heavy (non-hydrogen) atoms. The third-order valence-electron chi connectivity index (χ3n) is 6.20. The van der Waals surface area contributed by atoms with Gasteiger partial charge in [0.05, 0.1) is 17.2 Å². The first-order chi connectivity index (χ1) is 20.5. The van der Waals surface area contributed by atoms with Crippen molar-refractivity contribution in [2.24, 2.45) is 0 Å². The third kappa shape index (κ3) is 7.55. The van der Waals surface area contributed by atoms with Crippen LogP contribution in [0.3, 0.4) is 0 Å². The van der Waals surface area contributed by atoms with Crippen LogP contribution < -0.4 is 20.1 Å². The molecule has 0 aliphatic carbocycles. The lowest BCUT2D eigenvalue weighted by molar-refractivity contribution is -0.127. The van der Waals surface area contributed by atoms with E-state index in [4.69, 9.17) is 9.47 Å². The van der Waals surface area contributed by atoms with E-state index in [1.165, 1.54) is 6.08 Å². The SMILES string of the molecule is CCOc1cc(/C=C2/SC(=O)N(CC(=O)Nc3ccc(F)c(F)c3F)C2=O)ccc1OCC(=O)Nc1ccc(C)c(C)c1. The summed E-state index contributed by atoms with van der Waals surface area (Å²) in [5.41, 5.74) is 2.60. The van der Waals surface area contributed by atoms with Crippen LogP contribution in [0, 0.1) is 31.3 Å². The minimum atomic E-state index is -1.77. The number of aryl methyl sites for hydroxylation is 2. The number of halogens is 3. The van der Waals surface area contributed by atoms with Gasteiger partial charge in [0.15, 0.2) is 35.6 Å². The topological polar surface area (TPSA) is 114 Å². The molecule has 1 saturated heterocycles. The highest BCUT2D eigenvalue weighted by atomic mass is 32.2. The Kier molecular flexibility index (Phi) is 9.76. The second-order valence-corrected chi connectivity index (χ2v) is 10.3. The molecule has 0 radical (unpaired) electrons. The zero-order valence-electron chi connectivity index (χ0n) is 23.3. The highest BCUT2D eigenvalue weighted by Crippen LogP contribution is 2.35. The van der Waals surface area contributed by atoms with Gasteiger partial charge in [-0.2, -0.15) is 0 Å². The van der Waals surface area contributed by atoms with Gasteiger partial charge in [0.25, 0.3) is 17.1 Å². The maximum Gasteiger partial charge on any atom is 0.294 e. The second-order valence-electron chi connectivity index (χ2n) is 9.31. The van der Waals surface area contributed by atoms with Gasteiger partial charge in [-0.05, 0) is 91.7 Å². The minimum Gasteiger partial charge on any atom is -0.490 e. The minimum absolute atomic E-state index is 0.000642. The maximum atomic E-state index is 13.9. The molecule has 4 rings (SSSR count). The molecular weight excluding hydrogens is 587 g/mol. The largest absolute Gasteiger partial charge is 0.490 e. The van der Waals surface area contributed by atoms with Crippen molar-refractivity contribution in [2.75, 3.05) is 30.4 Å². The number of carbonyl (C=O) groups excluding carboxylic acids is 4. The van der Waals surface area contributed by atoms with E-state index in [1.54, 1.807) is 31.2 Å². The number of ether oxygens (including phenoxy) is 2. The van der Waals surface area contributed by atoms with Gasteiger partial charge < -0.3 is 20.1 Å². The zero-order chi connectivity index (χ0) is 31.3. The first-order valence-electron chi connectivity index (χ1n) is 12.9. The van der Waals surface area contributed by atoms with Gasteiger partial charge in [0, 0.05) is 5.69 Å². The van der Waals surface area contributed by atoms with Crippen molar-refractivity contribution in [3.05, 3.63) is 87.6 Å². The Bertz CT molecular complexity index is 1650. The molecule has 2 N–H and O–H groups in total. The number of benzene rings is 3. The Morgan fingerprint density at radius 1 is 0.884 bits per heavy atom. The Labute approximate surface area is 249 Å². The molecular formula is C30H26F3N3O6S. The van der Waals surface area contributed by atoms with E-state index < -0.39 is 46.7 Å². The van der Waals surface area contributed by atoms with E-state index >= 15 is 0 Å². The monoisotopic (exact) mass is 613 g/mol. The van der Waals surface area contributed by atoms with Gasteiger partial charge in [-0.3, -0.25) is 24.1 Å². The van der Waals surface area contributed by atoms with Gasteiger partial charge in [-0.25, -0.2) is 13.2 Å². The van der Waals surface area contributed by atoms with Crippen LogP contribution in [0.4, 0.5) is 29.3 Å². The molecule has 4 amide bonds. The van der Waals surface area contributed by atoms with Crippen molar-refractivity contribution in [3.8, 4) is 11.5 Å². The Morgan fingerprint density at radius 3 is 2.37 bits per heavy atom. The molecule has 224 valence electrons. The van der Waals surface area contributed by atoms with Crippen molar-refractivity contribution in [3.63, 3.8) is 0 Å². The van der Waals surface area contributed by atoms with Crippen LogP contribution in [-0.2, 0) is 14.4 Å². The molecule has 0 saturated carbocycles. The fourth-order valence-electron chi connectivity index (χ4n) is 3.90. The van der Waals surface area contributed by atoms with E-state index in [-0.39, 0.29) is 29.8 Å². The molecule has 1 fully saturated rings. The average molecular weight is 614 g/mol. The lowest BCUT2D eigenvalue weighted by Gasteiger charge is -2.13. The van der Waals surface area contributed by atoms with Crippen molar-refractivity contribution >= 4 is 52.2 Å². The van der Waals surface area contributed by atoms with Crippen LogP contribution >= 0.6 is 11.8 Å². The van der Waals surface area contributed by atoms with Gasteiger partial charge in [0.1, 0.15) is 6.54 Å². The van der Waals surface area contributed by atoms with Crippen molar-refractivity contribution < 1.29 is 41.8 Å². The molecule has 1 aliphatic rings. The molecule has 1 aliphatic heterocycles. The third-order valence-corrected chi connectivity index (χ3v) is 7.11. The number of nitrogens with one attached hydrogen (secondary N) is 2. The van der Waals surface area contributed by atoms with Crippen LogP contribution in [0.25, 0.3) is 6.08 Å². The average Bonchev–Trinajstić information content (AvgIpc) is 3.22. The number of hydrogen-bond donors (Lipinski definition) is 2. The smallest absolute Gasteiger partial charge is 0.294 e. The summed E-state index contributed by atoms with van der Waals surface area (Å²) in [4.78, 5) is 50.7. The van der Waals surface area contributed by atoms with E-state index in [9.17, 15) is 32.3 Å². The summed E-state index contributed by atoms with van der Waals surface area (Å²) in [5, 5.41) is 4.04. The van der Waals surface area contributed by atoms with Crippen LogP contribution in [0.5, 0.6) is 11.5 Å². The number of imide groups is 1. The summed E-state index contributed by atoms with van der Waals surface area (Å²) < 4.78 is 51.8. The fourth-order valence-corrected chi connectivity index (χ4v) is 4.74. The number of hydrogen-bond acceptors (Lipinski definition) is 7. The predicted octanol–water partition coefficient (Wildman–Crippen LogP) is 5.81. The molecule has 0 aromatic heterocycles. The predicted molar refractivity (Wildman–Crippen MR) is 155 cm³/mol. The number of anilines is 2. The lowest BCUT2D eigenvalue weighted by Crippen LogP contribution is -2.36. The first kappa shape index (κ1) is 31.2. The van der Waals surface area contributed by atoms with Gasteiger partial charge in [0.2, 0.25) is 5.91 Å². The normalized spacial score (nSPS) is 13.8. The Balaban J connectivity index is 1.41. The number of nitrogens with zero attached hydrogens (tertiary/aromatic N) is 1. The van der Waals surface area contributed by atoms with Gasteiger partial charge >= 0.3 is 0 Å². The molecule has 0 bridgehead atoms. The Hall–Kier alpha value is -4.78. The first-order valence-corrected chi connectivity index (χ1v) is 13.7. The maximum absolute atomic E-state index is 13.9. The zero-order valence-corrected chi connectivity index (χ0v) is 24.1. The second kappa shape index (κ2) is 13.5. The standard InChI is InChI=1S/C30H26F3N3O6S/c1-4-41-23-12-18(6-10-22(23)42-15-26(38)34-19-7-5-16(2)17(3)11-19)13-24-29(39)36(30(40)43-24)14-25(37)35-21-9-8-20(31)27(32)28(21)33/h5-13H,4,14-15H2,1-3H3,(H,34,38)(H,35,37)/b24-13+. The van der Waals surface area contributed by atoms with E-state index in [0.717, 1.165) is 17.2 Å².